The van der Waals surface area contributed by atoms with Crippen molar-refractivity contribution in [3.63, 3.8) is 0 Å². The lowest BCUT2D eigenvalue weighted by atomic mass is 10.1. The number of nitrogen functional groups attached to an aromatic ring is 2. The highest BCUT2D eigenvalue weighted by molar-refractivity contribution is 7.94. The first-order valence-electron chi connectivity index (χ1n) is 48.7. The van der Waals surface area contributed by atoms with E-state index in [0.717, 1.165) is 140 Å². The lowest BCUT2D eigenvalue weighted by Gasteiger charge is -2.25. The van der Waals surface area contributed by atoms with Crippen LogP contribution in [0.25, 0.3) is 48.0 Å². The summed E-state index contributed by atoms with van der Waals surface area (Å²) in [6, 6.07) is 52.0. The van der Waals surface area contributed by atoms with Gasteiger partial charge in [0.15, 0.2) is 16.9 Å². The van der Waals surface area contributed by atoms with Crippen molar-refractivity contribution >= 4 is 206 Å². The number of fused-ring (bicyclic) bond motifs is 4. The van der Waals surface area contributed by atoms with E-state index in [1.807, 2.05) is 128 Å². The van der Waals surface area contributed by atoms with E-state index in [1.165, 1.54) is 17.2 Å². The van der Waals surface area contributed by atoms with Gasteiger partial charge in [-0.25, -0.2) is 63.6 Å². The summed E-state index contributed by atoms with van der Waals surface area (Å²) in [6.07, 6.45) is 16.3. The van der Waals surface area contributed by atoms with Crippen LogP contribution in [0.3, 0.4) is 0 Å². The summed E-state index contributed by atoms with van der Waals surface area (Å²) in [5, 5.41) is 10.4. The van der Waals surface area contributed by atoms with Crippen LogP contribution in [-0.2, 0) is 73.6 Å². The molecular weight excluding hydrogens is 2020 g/mol. The first kappa shape index (κ1) is 106. The largest absolute Gasteiger partial charge is 0.397 e. The first-order chi connectivity index (χ1) is 71.1. The standard InChI is InChI=1S/C29H31N7O3S.C25H24N6O2S.C22H26ClN5O3S.C12H13Cl2N3O.C10H14N2O2S.C6H5N3/c1-19-31-28-24(34-23-10-4-5-11-25(23)35(3)40(37,38)22-14-15-22)18-21(17-20-9-8-12-26(30-2)32-20)33-29(28)36(19)27-13-6-7-16-39-27;1-16-13-21-25(27-16)22(15-18(28-21)14-17-7-6-10-24(26-2)29-17)30-20-8-4-5-9-23(20)31(3)34(32,33)19-11-12-19;1-14-24-21-17(13-19(23)26-22(21)28(14)20-9-5-6-12-31-20)25-16-7-3-4-8-18(16)27(2)32(29,30)15-10-11-15;1-7-15-11-8(13)6-9(14)16-12(11)17(7)10-4-2-3-5-18-10;1-12(15(13,14)8-6-7-8)10-5-3-2-4-9(10)11;1-8-6-4-2-3-5(7)9-6/h4-5,8-12,18,22,27H,6-7,13-17H2,1,3H3,(H,33,34);4-10,15,19H,11-14H2,1,3H3,(H,28,30);3-4,7-8,13,15,20H,5-6,9-12H2,1-2H3,(H,25,26);6,10H,2-5H2,1H3;2-5,8H,6-7,11H2,1H3;2-4H,(H2,7,9). The summed E-state index contributed by atoms with van der Waals surface area (Å²) in [7, 11) is -7.03. The average Bonchev–Trinajstić information content (AvgIpc) is 1.60. The van der Waals surface area contributed by atoms with Crippen LogP contribution in [-0.4, -0.2) is 172 Å². The van der Waals surface area contributed by atoms with E-state index in [9.17, 15) is 33.7 Å². The van der Waals surface area contributed by atoms with E-state index in [-0.39, 0.29) is 39.7 Å². The van der Waals surface area contributed by atoms with Gasteiger partial charge in [0.1, 0.15) is 80.1 Å². The van der Waals surface area contributed by atoms with Crippen molar-refractivity contribution in [3.8, 4) is 0 Å². The molecule has 0 amide bonds. The maximum absolute atomic E-state index is 13.1. The number of aliphatic imine (C=N–C) groups is 1. The summed E-state index contributed by atoms with van der Waals surface area (Å²) in [5.74, 6) is 3.87. The minimum absolute atomic E-state index is 0.00853. The van der Waals surface area contributed by atoms with Gasteiger partial charge in [-0.3, -0.25) is 40.9 Å². The number of aryl methyl sites for hydroxylation is 3. The monoisotopic (exact) mass is 2130 g/mol. The maximum atomic E-state index is 13.1. The number of nitrogens with one attached hydrogen (secondary N) is 3. The molecule has 0 bridgehead atoms. The number of para-hydroxylation sites is 8. The quantitative estimate of drug-likeness (QED) is 0.0201. The van der Waals surface area contributed by atoms with Crippen LogP contribution in [0.2, 0.25) is 15.3 Å². The van der Waals surface area contributed by atoms with E-state index in [1.54, 1.807) is 113 Å². The number of rotatable bonds is 25. The molecule has 148 heavy (non-hydrogen) atoms. The van der Waals surface area contributed by atoms with Crippen molar-refractivity contribution in [2.75, 3.05) is 92.6 Å². The molecular formula is C104H113Cl3N26O11S4. The Kier molecular flexibility index (Phi) is 32.5. The summed E-state index contributed by atoms with van der Waals surface area (Å²) in [6.45, 7) is 31.0. The van der Waals surface area contributed by atoms with Crippen LogP contribution in [0.5, 0.6) is 0 Å². The number of benzene rings is 4. The Hall–Kier alpha value is -13.8. The topological polar surface area (TPSA) is 434 Å². The van der Waals surface area contributed by atoms with Gasteiger partial charge in [0.2, 0.25) is 45.9 Å². The molecule has 3 atom stereocenters. The van der Waals surface area contributed by atoms with E-state index < -0.39 is 40.1 Å². The van der Waals surface area contributed by atoms with Gasteiger partial charge in [-0.05, 0) is 234 Å². The molecule has 4 saturated carbocycles. The van der Waals surface area contributed by atoms with Gasteiger partial charge in [-0.15, -0.1) is 15.0 Å². The second kappa shape index (κ2) is 45.5. The van der Waals surface area contributed by atoms with Gasteiger partial charge in [0.05, 0.1) is 119 Å². The summed E-state index contributed by atoms with van der Waals surface area (Å²) in [5.41, 5.74) is 27.7. The highest BCUT2D eigenvalue weighted by Crippen LogP contribution is 2.46. The molecule has 14 aromatic rings. The predicted molar refractivity (Wildman–Crippen MR) is 582 cm³/mol. The Morgan fingerprint density at radius 1 is 0.372 bits per heavy atom. The summed E-state index contributed by atoms with van der Waals surface area (Å²) < 4.78 is 131. The summed E-state index contributed by atoms with van der Waals surface area (Å²) >= 11 is 18.5. The Morgan fingerprint density at radius 2 is 0.723 bits per heavy atom. The van der Waals surface area contributed by atoms with Crippen LogP contribution in [0, 0.1) is 40.5 Å². The zero-order chi connectivity index (χ0) is 105. The zero-order valence-corrected chi connectivity index (χ0v) is 88.4. The highest BCUT2D eigenvalue weighted by Gasteiger charge is 2.44. The SMILES string of the molecule is CN(c1ccccc1N)S(=O)(=O)C1CC1.Cc1nc2c(Cl)cc(Cl)nc2n1C1CCCCO1.Cc1nc2c(Nc3ccccc3N(C)S(=O)(=O)C3CC3)cc(Cl)nc2n1C1CCCCO1.[C-]#[N+]c1cccc(Cc2cc(Nc3ccccc3N(C)S(=O)(=O)C3CC3)c3c(n2)CC(C)=N3)n1.[C-]#[N+]c1cccc(Cc2cc(Nc3ccccc3N(C)S(=O)(=O)C3CC3)c3nc(C)n(C4CCCCO4)c3n2)n1.[C-]#[N+]c1cccc(N)n1. The molecule has 0 radical (unpaired) electrons. The predicted octanol–water partition coefficient (Wildman–Crippen LogP) is 21.5. The maximum Gasteiger partial charge on any atom is 0.271 e. The van der Waals surface area contributed by atoms with Crippen molar-refractivity contribution < 1.29 is 47.9 Å². The van der Waals surface area contributed by atoms with Gasteiger partial charge in [0.25, 0.3) is 17.5 Å². The molecule has 10 aromatic heterocycles. The van der Waals surface area contributed by atoms with Crippen molar-refractivity contribution in [1.29, 1.82) is 0 Å². The van der Waals surface area contributed by atoms with Gasteiger partial charge in [0, 0.05) is 72.3 Å². The second-order valence-electron chi connectivity index (χ2n) is 37.0. The van der Waals surface area contributed by atoms with E-state index in [2.05, 4.69) is 69.9 Å². The number of imidazole rings is 3. The summed E-state index contributed by atoms with van der Waals surface area (Å²) in [4.78, 5) is 60.0. The molecule has 22 rings (SSSR count). The normalized spacial score (nSPS) is 16.9. The number of hydrogen-bond donors (Lipinski definition) is 5. The van der Waals surface area contributed by atoms with Gasteiger partial charge >= 0.3 is 0 Å². The van der Waals surface area contributed by atoms with Crippen molar-refractivity contribution in [1.82, 2.24) is 63.5 Å². The molecule has 7 N–H and O–H groups in total. The Labute approximate surface area is 875 Å². The average molecular weight is 2140 g/mol. The first-order valence-corrected chi connectivity index (χ1v) is 55.9. The van der Waals surface area contributed by atoms with Gasteiger partial charge in [-0.2, -0.15) is 0 Å². The van der Waals surface area contributed by atoms with E-state index in [0.29, 0.717) is 200 Å². The number of nitrogens with two attached hydrogens (primary N) is 2. The molecule has 770 valence electrons. The smallest absolute Gasteiger partial charge is 0.271 e. The number of anilines is 12. The third-order valence-corrected chi connectivity index (χ3v) is 35.9. The fourth-order valence-corrected chi connectivity index (χ4v) is 25.1. The number of hydrogen-bond acceptors (Lipinski definition) is 27. The lowest BCUT2D eigenvalue weighted by molar-refractivity contribution is -0.0310. The number of sulfonamides is 4. The van der Waals surface area contributed by atoms with Crippen molar-refractivity contribution in [2.24, 2.45) is 4.99 Å². The van der Waals surface area contributed by atoms with Crippen LogP contribution in [0.4, 0.5) is 91.5 Å². The fourth-order valence-electron chi connectivity index (χ4n) is 17.9. The molecule has 3 unspecified atom stereocenters. The second-order valence-corrected chi connectivity index (χ2v) is 47.2. The highest BCUT2D eigenvalue weighted by atomic mass is 35.5. The molecule has 44 heteroatoms. The molecule has 8 aliphatic rings. The minimum Gasteiger partial charge on any atom is -0.397 e. The van der Waals surface area contributed by atoms with Crippen LogP contribution >= 0.6 is 34.8 Å². The fraction of sp³-hybridized carbons (Fsp3) is 0.365. The lowest BCUT2D eigenvalue weighted by Crippen LogP contribution is -2.30. The number of pyridine rings is 7. The van der Waals surface area contributed by atoms with Crippen LogP contribution < -0.4 is 44.6 Å². The van der Waals surface area contributed by atoms with Gasteiger partial charge < -0.3 is 56.2 Å². The van der Waals surface area contributed by atoms with Crippen molar-refractivity contribution in [3.05, 3.63) is 271 Å². The minimum atomic E-state index is -3.44. The third-order valence-electron chi connectivity index (χ3n) is 26.1. The van der Waals surface area contributed by atoms with Gasteiger partial charge in [-0.1, -0.05) is 121 Å². The Bertz CT molecular complexity index is 7980. The third kappa shape index (κ3) is 24.3. The zero-order valence-electron chi connectivity index (χ0n) is 82.9. The molecule has 0 spiro atoms. The number of halogens is 3. The molecule has 37 nitrogen and oxygen atoms in total. The van der Waals surface area contributed by atoms with Crippen molar-refractivity contribution in [2.45, 2.75) is 196 Å². The molecule has 7 fully saturated rings. The molecule has 4 aliphatic carbocycles. The number of aromatic nitrogens is 13. The van der Waals surface area contributed by atoms with Crippen LogP contribution in [0.15, 0.2) is 181 Å². The molecule has 4 aliphatic heterocycles. The number of nitrogens with zero attached hydrogens (tertiary/aromatic N) is 21. The molecule has 3 saturated heterocycles. The van der Waals surface area contributed by atoms with E-state index >= 15 is 0 Å². The number of ether oxygens (including phenoxy) is 3. The van der Waals surface area contributed by atoms with Crippen LogP contribution in [0.1, 0.15) is 181 Å². The Morgan fingerprint density at radius 3 is 1.12 bits per heavy atom. The van der Waals surface area contributed by atoms with E-state index in [4.69, 9.17) is 100 Å². The molecule has 14 heterocycles. The Balaban J connectivity index is 0.000000127. The molecule has 4 aromatic carbocycles.